The second-order valence-corrected chi connectivity index (χ2v) is 7.38. The van der Waals surface area contributed by atoms with Gasteiger partial charge in [0.15, 0.2) is 6.10 Å². The molecule has 2 atom stereocenters. The number of benzene rings is 2. The fraction of sp³-hybridized carbons (Fsp3) is 0.318. The summed E-state index contributed by atoms with van der Waals surface area (Å²) < 4.78 is 22.1. The molecule has 3 aromatic rings. The summed E-state index contributed by atoms with van der Waals surface area (Å²) >= 11 is 5.96. The van der Waals surface area contributed by atoms with E-state index in [1.54, 1.807) is 49.4 Å². The number of carbonyl (C=O) groups is 1. The summed E-state index contributed by atoms with van der Waals surface area (Å²) in [5.41, 5.74) is 1.38. The second kappa shape index (κ2) is 9.28. The molecule has 4 rings (SSSR count). The number of hydrogen-bond acceptors (Lipinski definition) is 7. The summed E-state index contributed by atoms with van der Waals surface area (Å²) in [6.45, 7) is 2.64. The largest absolute Gasteiger partial charge is 0.479 e. The molecular formula is C22H21ClN2O5. The molecule has 0 N–H and O–H groups in total. The zero-order valence-electron chi connectivity index (χ0n) is 16.4. The Kier molecular flexibility index (Phi) is 6.30. The molecule has 30 heavy (non-hydrogen) atoms. The number of fused-ring (bicyclic) bond motifs is 1. The standard InChI is InChI=1S/C22H21ClN2O5/c1-14(22(26)28-13-18-3-2-10-27-18)29-16-5-7-17(8-6-16)30-21-12-24-20-11-15(23)4-9-19(20)25-21/h4-9,11-12,14,18H,2-3,10,13H2,1H3/t14-,18+/m1/s1. The monoisotopic (exact) mass is 428 g/mol. The molecule has 0 saturated carbocycles. The molecule has 2 aromatic carbocycles. The van der Waals surface area contributed by atoms with Gasteiger partial charge in [-0.15, -0.1) is 0 Å². The van der Waals surface area contributed by atoms with Crippen LogP contribution in [0.4, 0.5) is 0 Å². The molecule has 156 valence electrons. The zero-order chi connectivity index (χ0) is 20.9. The highest BCUT2D eigenvalue weighted by Gasteiger charge is 2.21. The number of aromatic nitrogens is 2. The van der Waals surface area contributed by atoms with Gasteiger partial charge in [0.1, 0.15) is 18.1 Å². The van der Waals surface area contributed by atoms with Gasteiger partial charge in [0.05, 0.1) is 23.3 Å². The fourth-order valence-electron chi connectivity index (χ4n) is 3.04. The topological polar surface area (TPSA) is 79.8 Å². The molecule has 8 heteroatoms. The van der Waals surface area contributed by atoms with Crippen LogP contribution >= 0.6 is 11.6 Å². The zero-order valence-corrected chi connectivity index (χ0v) is 17.2. The summed E-state index contributed by atoms with van der Waals surface area (Å²) in [6.07, 6.45) is 2.72. The Morgan fingerprint density at radius 1 is 1.20 bits per heavy atom. The molecule has 1 aromatic heterocycles. The maximum absolute atomic E-state index is 12.1. The van der Waals surface area contributed by atoms with E-state index in [-0.39, 0.29) is 12.7 Å². The van der Waals surface area contributed by atoms with Crippen molar-refractivity contribution in [3.63, 3.8) is 0 Å². The van der Waals surface area contributed by atoms with Crippen LogP contribution in [0.1, 0.15) is 19.8 Å². The van der Waals surface area contributed by atoms with Gasteiger partial charge in [-0.05, 0) is 62.2 Å². The molecule has 2 heterocycles. The van der Waals surface area contributed by atoms with E-state index in [2.05, 4.69) is 9.97 Å². The van der Waals surface area contributed by atoms with Crippen molar-refractivity contribution in [2.75, 3.05) is 13.2 Å². The van der Waals surface area contributed by atoms with Crippen LogP contribution < -0.4 is 9.47 Å². The minimum absolute atomic E-state index is 0.00669. The maximum atomic E-state index is 12.1. The average molecular weight is 429 g/mol. The first kappa shape index (κ1) is 20.4. The molecule has 1 fully saturated rings. The third-order valence-corrected chi connectivity index (χ3v) is 4.84. The summed E-state index contributed by atoms with van der Waals surface area (Å²) in [6, 6.07) is 12.2. The van der Waals surface area contributed by atoms with E-state index in [0.29, 0.717) is 33.4 Å². The molecule has 7 nitrogen and oxygen atoms in total. The van der Waals surface area contributed by atoms with Crippen molar-refractivity contribution in [2.45, 2.75) is 32.0 Å². The van der Waals surface area contributed by atoms with Crippen molar-refractivity contribution in [3.05, 3.63) is 53.7 Å². The maximum Gasteiger partial charge on any atom is 0.347 e. The lowest BCUT2D eigenvalue weighted by atomic mass is 10.2. The van der Waals surface area contributed by atoms with E-state index in [1.165, 1.54) is 6.20 Å². The van der Waals surface area contributed by atoms with E-state index in [4.69, 9.17) is 30.5 Å². The van der Waals surface area contributed by atoms with Crippen molar-refractivity contribution in [2.24, 2.45) is 0 Å². The number of hydrogen-bond donors (Lipinski definition) is 0. The average Bonchev–Trinajstić information content (AvgIpc) is 3.27. The first-order valence-corrected chi connectivity index (χ1v) is 10.1. The lowest BCUT2D eigenvalue weighted by Crippen LogP contribution is -2.29. The highest BCUT2D eigenvalue weighted by molar-refractivity contribution is 6.31. The number of nitrogens with zero attached hydrogens (tertiary/aromatic N) is 2. The Bertz CT molecular complexity index is 1020. The van der Waals surface area contributed by atoms with Gasteiger partial charge in [-0.25, -0.2) is 14.8 Å². The quantitative estimate of drug-likeness (QED) is 0.510. The number of ether oxygens (including phenoxy) is 4. The van der Waals surface area contributed by atoms with Gasteiger partial charge in [0.25, 0.3) is 0 Å². The first-order valence-electron chi connectivity index (χ1n) is 9.72. The smallest absolute Gasteiger partial charge is 0.347 e. The Morgan fingerprint density at radius 2 is 2.00 bits per heavy atom. The minimum atomic E-state index is -0.726. The van der Waals surface area contributed by atoms with Crippen molar-refractivity contribution in [1.29, 1.82) is 0 Å². The summed E-state index contributed by atoms with van der Waals surface area (Å²) in [5.74, 6) is 1.05. The third kappa shape index (κ3) is 5.17. The number of halogens is 1. The Hall–Kier alpha value is -2.90. The van der Waals surface area contributed by atoms with Crippen LogP contribution in [0.25, 0.3) is 11.0 Å². The molecule has 0 spiro atoms. The molecule has 0 aliphatic carbocycles. The van der Waals surface area contributed by atoms with Crippen LogP contribution in [0.5, 0.6) is 17.4 Å². The molecule has 0 radical (unpaired) electrons. The van der Waals surface area contributed by atoms with E-state index < -0.39 is 12.1 Å². The van der Waals surface area contributed by atoms with Gasteiger partial charge in [0.2, 0.25) is 5.88 Å². The van der Waals surface area contributed by atoms with Crippen molar-refractivity contribution >= 4 is 28.6 Å². The molecule has 1 aliphatic rings. The molecule has 1 saturated heterocycles. The lowest BCUT2D eigenvalue weighted by molar-refractivity contribution is -0.154. The fourth-order valence-corrected chi connectivity index (χ4v) is 3.21. The minimum Gasteiger partial charge on any atom is -0.479 e. The van der Waals surface area contributed by atoms with Crippen molar-refractivity contribution < 1.29 is 23.7 Å². The van der Waals surface area contributed by atoms with Gasteiger partial charge in [-0.1, -0.05) is 11.6 Å². The number of rotatable bonds is 7. The SMILES string of the molecule is C[C@@H](Oc1ccc(Oc2cnc3cc(Cl)ccc3n2)cc1)C(=O)OC[C@@H]1CCCO1. The van der Waals surface area contributed by atoms with Crippen LogP contribution in [-0.4, -0.2) is 41.4 Å². The van der Waals surface area contributed by atoms with Gasteiger partial charge in [-0.3, -0.25) is 0 Å². The van der Waals surface area contributed by atoms with Gasteiger partial charge < -0.3 is 18.9 Å². The van der Waals surface area contributed by atoms with E-state index in [1.807, 2.05) is 0 Å². The van der Waals surface area contributed by atoms with Crippen LogP contribution in [0, 0.1) is 0 Å². The summed E-state index contributed by atoms with van der Waals surface area (Å²) in [4.78, 5) is 20.8. The van der Waals surface area contributed by atoms with Crippen molar-refractivity contribution in [3.8, 4) is 17.4 Å². The Labute approximate surface area is 178 Å². The molecule has 0 unspecified atom stereocenters. The van der Waals surface area contributed by atoms with Crippen LogP contribution in [-0.2, 0) is 14.3 Å². The van der Waals surface area contributed by atoms with Gasteiger partial charge in [0, 0.05) is 11.6 Å². The lowest BCUT2D eigenvalue weighted by Gasteiger charge is -2.16. The molecule has 1 aliphatic heterocycles. The third-order valence-electron chi connectivity index (χ3n) is 4.61. The predicted octanol–water partition coefficient (Wildman–Crippen LogP) is 4.57. The predicted molar refractivity (Wildman–Crippen MR) is 111 cm³/mol. The van der Waals surface area contributed by atoms with Gasteiger partial charge in [-0.2, -0.15) is 0 Å². The molecular weight excluding hydrogens is 408 g/mol. The van der Waals surface area contributed by atoms with Crippen molar-refractivity contribution in [1.82, 2.24) is 9.97 Å². The van der Waals surface area contributed by atoms with Crippen LogP contribution in [0.3, 0.4) is 0 Å². The first-order chi connectivity index (χ1) is 14.6. The Balaban J connectivity index is 1.32. The Morgan fingerprint density at radius 3 is 2.77 bits per heavy atom. The van der Waals surface area contributed by atoms with Gasteiger partial charge >= 0.3 is 5.97 Å². The second-order valence-electron chi connectivity index (χ2n) is 6.94. The normalized spacial score (nSPS) is 16.9. The highest BCUT2D eigenvalue weighted by atomic mass is 35.5. The number of carbonyl (C=O) groups excluding carboxylic acids is 1. The van der Waals surface area contributed by atoms with Crippen LogP contribution in [0.15, 0.2) is 48.7 Å². The molecule has 0 bridgehead atoms. The van der Waals surface area contributed by atoms with E-state index in [0.717, 1.165) is 19.4 Å². The van der Waals surface area contributed by atoms with E-state index in [9.17, 15) is 4.79 Å². The number of esters is 1. The highest BCUT2D eigenvalue weighted by Crippen LogP contribution is 2.25. The van der Waals surface area contributed by atoms with Crippen LogP contribution in [0.2, 0.25) is 5.02 Å². The summed E-state index contributed by atoms with van der Waals surface area (Å²) in [7, 11) is 0. The molecule has 0 amide bonds. The van der Waals surface area contributed by atoms with E-state index >= 15 is 0 Å². The summed E-state index contributed by atoms with van der Waals surface area (Å²) in [5, 5.41) is 0.603.